The molecule has 0 aliphatic heterocycles. The number of nitrogens with one attached hydrogen (secondary N) is 1. The Balaban J connectivity index is 1.54. The van der Waals surface area contributed by atoms with Gasteiger partial charge in [0.1, 0.15) is 5.82 Å². The Bertz CT molecular complexity index is 649. The summed E-state index contributed by atoms with van der Waals surface area (Å²) in [7, 11) is 0. The minimum Gasteiger partial charge on any atom is -0.310 e. The van der Waals surface area contributed by atoms with Crippen molar-refractivity contribution in [1.29, 1.82) is 0 Å². The van der Waals surface area contributed by atoms with Crippen molar-refractivity contribution in [2.45, 2.75) is 59.0 Å². The molecule has 0 saturated heterocycles. The van der Waals surface area contributed by atoms with Gasteiger partial charge < -0.3 is 5.32 Å². The lowest BCUT2D eigenvalue weighted by atomic mass is 9.92. The lowest BCUT2D eigenvalue weighted by molar-refractivity contribution is 0.451. The first-order chi connectivity index (χ1) is 11.1. The summed E-state index contributed by atoms with van der Waals surface area (Å²) in [5.41, 5.74) is 4.96. The number of aryl methyl sites for hydroxylation is 2. The Labute approximate surface area is 138 Å². The number of hydrogen-bond acceptors (Lipinski definition) is 4. The van der Waals surface area contributed by atoms with Crippen LogP contribution in [0.3, 0.4) is 0 Å². The van der Waals surface area contributed by atoms with Crippen LogP contribution in [0, 0.1) is 12.8 Å². The quantitative estimate of drug-likeness (QED) is 0.922. The second kappa shape index (κ2) is 7.18. The summed E-state index contributed by atoms with van der Waals surface area (Å²) in [5.74, 6) is 1.53. The third-order valence-corrected chi connectivity index (χ3v) is 4.37. The Morgan fingerprint density at radius 2 is 2.09 bits per heavy atom. The van der Waals surface area contributed by atoms with Gasteiger partial charge in [0.15, 0.2) is 0 Å². The molecule has 1 aliphatic carbocycles. The highest BCUT2D eigenvalue weighted by Crippen LogP contribution is 2.19. The Morgan fingerprint density at radius 1 is 1.22 bits per heavy atom. The molecule has 0 spiro atoms. The van der Waals surface area contributed by atoms with E-state index < -0.39 is 0 Å². The van der Waals surface area contributed by atoms with Crippen molar-refractivity contribution in [1.82, 2.24) is 20.3 Å². The van der Waals surface area contributed by atoms with Gasteiger partial charge in [-0.25, -0.2) is 9.97 Å². The highest BCUT2D eigenvalue weighted by atomic mass is 14.9. The van der Waals surface area contributed by atoms with E-state index in [0.29, 0.717) is 12.0 Å². The Hall–Kier alpha value is -1.81. The van der Waals surface area contributed by atoms with E-state index in [1.165, 1.54) is 22.5 Å². The first kappa shape index (κ1) is 16.1. The monoisotopic (exact) mass is 310 g/mol. The molecule has 0 fully saturated rings. The van der Waals surface area contributed by atoms with Crippen LogP contribution < -0.4 is 5.32 Å². The molecule has 0 saturated carbocycles. The van der Waals surface area contributed by atoms with Crippen LogP contribution >= 0.6 is 0 Å². The summed E-state index contributed by atoms with van der Waals surface area (Å²) >= 11 is 0. The predicted molar refractivity (Wildman–Crippen MR) is 92.2 cm³/mol. The molecular weight excluding hydrogens is 284 g/mol. The van der Waals surface area contributed by atoms with Gasteiger partial charge in [-0.05, 0) is 55.7 Å². The Morgan fingerprint density at radius 3 is 2.83 bits per heavy atom. The first-order valence-corrected chi connectivity index (χ1v) is 8.58. The van der Waals surface area contributed by atoms with Crippen LogP contribution in [0.5, 0.6) is 0 Å². The number of hydrogen-bond donors (Lipinski definition) is 1. The number of pyridine rings is 1. The van der Waals surface area contributed by atoms with Gasteiger partial charge in [0.05, 0.1) is 0 Å². The van der Waals surface area contributed by atoms with Crippen molar-refractivity contribution < 1.29 is 0 Å². The van der Waals surface area contributed by atoms with E-state index in [9.17, 15) is 0 Å². The van der Waals surface area contributed by atoms with Crippen LogP contribution in [0.1, 0.15) is 48.6 Å². The lowest BCUT2D eigenvalue weighted by Gasteiger charge is -2.24. The molecule has 4 nitrogen and oxygen atoms in total. The topological polar surface area (TPSA) is 50.7 Å². The summed E-state index contributed by atoms with van der Waals surface area (Å²) < 4.78 is 0. The molecule has 1 aliphatic rings. The van der Waals surface area contributed by atoms with E-state index in [1.807, 2.05) is 19.3 Å². The summed E-state index contributed by atoms with van der Waals surface area (Å²) in [6.45, 7) is 7.29. The number of rotatable bonds is 5. The summed E-state index contributed by atoms with van der Waals surface area (Å²) in [4.78, 5) is 13.4. The van der Waals surface area contributed by atoms with E-state index >= 15 is 0 Å². The van der Waals surface area contributed by atoms with E-state index in [4.69, 9.17) is 0 Å². The second-order valence-corrected chi connectivity index (χ2v) is 6.97. The smallest absolute Gasteiger partial charge is 0.125 e. The molecule has 0 bridgehead atoms. The highest BCUT2D eigenvalue weighted by molar-refractivity contribution is 5.22. The van der Waals surface area contributed by atoms with E-state index in [0.717, 1.165) is 38.1 Å². The van der Waals surface area contributed by atoms with Crippen molar-refractivity contribution in [3.63, 3.8) is 0 Å². The van der Waals surface area contributed by atoms with Crippen molar-refractivity contribution in [2.24, 2.45) is 5.92 Å². The standard InChI is InChI=1S/C19H26N4/c1-13(2)8-17-5-4-15(10-21-17)11-22-18-6-7-19-16(9-18)12-20-14(3)23-19/h4-5,10,12-13,18,22H,6-9,11H2,1-3H3. The lowest BCUT2D eigenvalue weighted by Crippen LogP contribution is -2.34. The molecule has 1 unspecified atom stereocenters. The van der Waals surface area contributed by atoms with E-state index in [1.54, 1.807) is 0 Å². The zero-order valence-electron chi connectivity index (χ0n) is 14.3. The van der Waals surface area contributed by atoms with Crippen LogP contribution in [0.4, 0.5) is 0 Å². The summed E-state index contributed by atoms with van der Waals surface area (Å²) in [6, 6.07) is 4.86. The van der Waals surface area contributed by atoms with Crippen LogP contribution in [-0.2, 0) is 25.8 Å². The molecule has 0 amide bonds. The molecule has 2 aromatic heterocycles. The zero-order chi connectivity index (χ0) is 16.2. The first-order valence-electron chi connectivity index (χ1n) is 8.58. The molecule has 1 atom stereocenters. The molecule has 1 N–H and O–H groups in total. The summed E-state index contributed by atoms with van der Waals surface area (Å²) in [6.07, 6.45) is 8.26. The van der Waals surface area contributed by atoms with Crippen molar-refractivity contribution in [3.8, 4) is 0 Å². The second-order valence-electron chi connectivity index (χ2n) is 6.97. The molecule has 4 heteroatoms. The molecule has 0 radical (unpaired) electrons. The SMILES string of the molecule is Cc1ncc2c(n1)CCC(NCc1ccc(CC(C)C)nc1)C2. The van der Waals surface area contributed by atoms with Crippen molar-refractivity contribution in [3.05, 3.63) is 52.9 Å². The van der Waals surface area contributed by atoms with Gasteiger partial charge in [0, 0.05) is 36.4 Å². The maximum Gasteiger partial charge on any atom is 0.125 e. The molecule has 0 aromatic carbocycles. The maximum absolute atomic E-state index is 4.57. The van der Waals surface area contributed by atoms with Gasteiger partial charge in [-0.1, -0.05) is 19.9 Å². The van der Waals surface area contributed by atoms with Crippen molar-refractivity contribution in [2.75, 3.05) is 0 Å². The number of fused-ring (bicyclic) bond motifs is 1. The van der Waals surface area contributed by atoms with Gasteiger partial charge in [0.25, 0.3) is 0 Å². The number of aromatic nitrogens is 3. The fraction of sp³-hybridized carbons (Fsp3) is 0.526. The molecule has 2 heterocycles. The van der Waals surface area contributed by atoms with Crippen LogP contribution in [-0.4, -0.2) is 21.0 Å². The van der Waals surface area contributed by atoms with Gasteiger partial charge in [0.2, 0.25) is 0 Å². The molecule has 23 heavy (non-hydrogen) atoms. The normalized spacial score (nSPS) is 17.3. The summed E-state index contributed by atoms with van der Waals surface area (Å²) in [5, 5.41) is 3.66. The van der Waals surface area contributed by atoms with Gasteiger partial charge >= 0.3 is 0 Å². The van der Waals surface area contributed by atoms with Gasteiger partial charge in [-0.15, -0.1) is 0 Å². The molecular formula is C19H26N4. The van der Waals surface area contributed by atoms with Gasteiger partial charge in [-0.2, -0.15) is 0 Å². The minimum atomic E-state index is 0.504. The average molecular weight is 310 g/mol. The Kier molecular flexibility index (Phi) is 5.01. The van der Waals surface area contributed by atoms with Gasteiger partial charge in [-0.3, -0.25) is 4.98 Å². The van der Waals surface area contributed by atoms with Crippen LogP contribution in [0.2, 0.25) is 0 Å². The van der Waals surface area contributed by atoms with Crippen LogP contribution in [0.15, 0.2) is 24.5 Å². The highest BCUT2D eigenvalue weighted by Gasteiger charge is 2.19. The minimum absolute atomic E-state index is 0.504. The van der Waals surface area contributed by atoms with Crippen molar-refractivity contribution >= 4 is 0 Å². The average Bonchev–Trinajstić information content (AvgIpc) is 2.53. The van der Waals surface area contributed by atoms with E-state index in [2.05, 4.69) is 46.2 Å². The van der Waals surface area contributed by atoms with E-state index in [-0.39, 0.29) is 0 Å². The largest absolute Gasteiger partial charge is 0.310 e. The molecule has 2 aromatic rings. The number of nitrogens with zero attached hydrogens (tertiary/aromatic N) is 3. The molecule has 3 rings (SSSR count). The maximum atomic E-state index is 4.57. The van der Waals surface area contributed by atoms with Crippen LogP contribution in [0.25, 0.3) is 0 Å². The predicted octanol–water partition coefficient (Wildman–Crippen LogP) is 3.03. The fourth-order valence-corrected chi connectivity index (χ4v) is 3.14. The zero-order valence-corrected chi connectivity index (χ0v) is 14.3. The third kappa shape index (κ3) is 4.35. The fourth-order valence-electron chi connectivity index (χ4n) is 3.14. The molecule has 122 valence electrons. The third-order valence-electron chi connectivity index (χ3n) is 4.37.